The minimum Gasteiger partial charge on any atom is -0.508 e. The number of thioether (sulfide) groups is 1. The maximum absolute atomic E-state index is 12.5. The molecule has 0 aliphatic carbocycles. The molecule has 0 unspecified atom stereocenters. The number of hydrogen-bond donors (Lipinski definition) is 1. The summed E-state index contributed by atoms with van der Waals surface area (Å²) in [5, 5.41) is 9.33. The number of Topliss-reactive ketones (excluding diaryl/α,β-unsaturated/α-hetero) is 1. The van der Waals surface area contributed by atoms with Crippen LogP contribution in [0, 0.1) is 5.92 Å². The number of aromatic nitrogens is 1. The molecule has 3 rings (SSSR count). The molecular formula is C20H22N2O3S. The molecule has 1 N–H and O–H groups in total. The van der Waals surface area contributed by atoms with Gasteiger partial charge in [-0.2, -0.15) is 0 Å². The fourth-order valence-corrected chi connectivity index (χ4v) is 3.95. The molecule has 5 nitrogen and oxygen atoms in total. The first-order valence-corrected chi connectivity index (χ1v) is 9.86. The van der Waals surface area contributed by atoms with Gasteiger partial charge in [0.2, 0.25) is 5.91 Å². The second-order valence-electron chi connectivity index (χ2n) is 6.42. The van der Waals surface area contributed by atoms with Gasteiger partial charge in [-0.1, -0.05) is 6.07 Å². The van der Waals surface area contributed by atoms with Crippen LogP contribution in [0.2, 0.25) is 0 Å². The van der Waals surface area contributed by atoms with E-state index >= 15 is 0 Å². The molecule has 2 aromatic rings. The van der Waals surface area contributed by atoms with E-state index in [1.165, 1.54) is 12.1 Å². The average Bonchev–Trinajstić information content (AvgIpc) is 2.69. The fraction of sp³-hybridized carbons (Fsp3) is 0.350. The molecule has 0 saturated carbocycles. The van der Waals surface area contributed by atoms with Crippen LogP contribution in [0.15, 0.2) is 48.8 Å². The number of likely N-dealkylation sites (tertiary alicyclic amines) is 1. The number of ketones is 1. The summed E-state index contributed by atoms with van der Waals surface area (Å²) >= 11 is 1.59. The predicted molar refractivity (Wildman–Crippen MR) is 102 cm³/mol. The van der Waals surface area contributed by atoms with Crippen LogP contribution in [0.5, 0.6) is 5.75 Å². The molecule has 0 atom stereocenters. The largest absolute Gasteiger partial charge is 0.508 e. The van der Waals surface area contributed by atoms with Gasteiger partial charge in [-0.25, -0.2) is 0 Å². The Hall–Kier alpha value is -2.34. The second kappa shape index (κ2) is 8.85. The summed E-state index contributed by atoms with van der Waals surface area (Å²) in [6, 6.07) is 10.3. The van der Waals surface area contributed by atoms with E-state index in [4.69, 9.17) is 0 Å². The molecule has 0 spiro atoms. The van der Waals surface area contributed by atoms with Crippen LogP contribution in [0.3, 0.4) is 0 Å². The number of piperidine rings is 1. The first-order chi connectivity index (χ1) is 12.6. The lowest BCUT2D eigenvalue weighted by atomic mass is 9.89. The lowest BCUT2D eigenvalue weighted by molar-refractivity contribution is -0.129. The van der Waals surface area contributed by atoms with Crippen molar-refractivity contribution >= 4 is 23.5 Å². The van der Waals surface area contributed by atoms with E-state index < -0.39 is 0 Å². The zero-order valence-corrected chi connectivity index (χ0v) is 15.3. The van der Waals surface area contributed by atoms with Gasteiger partial charge in [0.25, 0.3) is 0 Å². The molecule has 2 heterocycles. The Bertz CT molecular complexity index is 741. The Morgan fingerprint density at radius 1 is 1.15 bits per heavy atom. The first-order valence-electron chi connectivity index (χ1n) is 8.71. The minimum absolute atomic E-state index is 0.0494. The number of phenolic OH excluding ortho intramolecular Hbond substituents is 1. The van der Waals surface area contributed by atoms with Crippen LogP contribution in [-0.2, 0) is 10.5 Å². The van der Waals surface area contributed by atoms with E-state index in [0.29, 0.717) is 37.2 Å². The Labute approximate surface area is 157 Å². The van der Waals surface area contributed by atoms with Crippen molar-refractivity contribution in [3.63, 3.8) is 0 Å². The summed E-state index contributed by atoms with van der Waals surface area (Å²) < 4.78 is 0. The van der Waals surface area contributed by atoms with Crippen LogP contribution < -0.4 is 0 Å². The summed E-state index contributed by atoms with van der Waals surface area (Å²) in [6.45, 7) is 1.25. The number of aromatic hydroxyl groups is 1. The van der Waals surface area contributed by atoms with Crippen molar-refractivity contribution in [3.8, 4) is 5.75 Å². The van der Waals surface area contributed by atoms with Gasteiger partial charge >= 0.3 is 0 Å². The number of carbonyl (C=O) groups excluding carboxylic acids is 2. The smallest absolute Gasteiger partial charge is 0.232 e. The Balaban J connectivity index is 1.43. The van der Waals surface area contributed by atoms with Crippen LogP contribution >= 0.6 is 11.8 Å². The summed E-state index contributed by atoms with van der Waals surface area (Å²) in [4.78, 5) is 30.8. The maximum Gasteiger partial charge on any atom is 0.232 e. The van der Waals surface area contributed by atoms with E-state index in [0.717, 1.165) is 11.3 Å². The number of amides is 1. The molecule has 1 fully saturated rings. The van der Waals surface area contributed by atoms with Gasteiger partial charge in [0.05, 0.1) is 5.75 Å². The molecule has 1 aromatic carbocycles. The van der Waals surface area contributed by atoms with Gasteiger partial charge < -0.3 is 10.0 Å². The van der Waals surface area contributed by atoms with Crippen LogP contribution in [0.25, 0.3) is 0 Å². The molecular weight excluding hydrogens is 348 g/mol. The topological polar surface area (TPSA) is 70.5 Å². The molecule has 0 radical (unpaired) electrons. The van der Waals surface area contributed by atoms with Crippen molar-refractivity contribution in [3.05, 3.63) is 59.9 Å². The average molecular weight is 370 g/mol. The number of carbonyl (C=O) groups is 2. The third-order valence-electron chi connectivity index (χ3n) is 4.59. The molecule has 26 heavy (non-hydrogen) atoms. The van der Waals surface area contributed by atoms with Crippen LogP contribution in [0.4, 0.5) is 0 Å². The Morgan fingerprint density at radius 2 is 1.88 bits per heavy atom. The van der Waals surface area contributed by atoms with Gasteiger partial charge in [-0.15, -0.1) is 11.8 Å². The standard InChI is InChI=1S/C20H22N2O3S/c23-18-5-3-16(4-6-18)20(25)17-7-10-22(11-8-17)19(24)14-26-13-15-2-1-9-21-12-15/h1-6,9,12,17,23H,7-8,10-11,13-14H2. The van der Waals surface area contributed by atoms with Gasteiger partial charge in [-0.05, 0) is 48.7 Å². The van der Waals surface area contributed by atoms with E-state index in [-0.39, 0.29) is 23.4 Å². The maximum atomic E-state index is 12.5. The van der Waals surface area contributed by atoms with Crippen molar-refractivity contribution in [2.24, 2.45) is 5.92 Å². The molecule has 0 bridgehead atoms. The van der Waals surface area contributed by atoms with Crippen molar-refractivity contribution in [1.82, 2.24) is 9.88 Å². The normalized spacial score (nSPS) is 15.0. The lowest BCUT2D eigenvalue weighted by Crippen LogP contribution is -2.41. The summed E-state index contributed by atoms with van der Waals surface area (Å²) in [6.07, 6.45) is 4.94. The van der Waals surface area contributed by atoms with Crippen LogP contribution in [0.1, 0.15) is 28.8 Å². The minimum atomic E-state index is -0.0494. The molecule has 1 amide bonds. The zero-order chi connectivity index (χ0) is 18.4. The number of pyridine rings is 1. The molecule has 1 saturated heterocycles. The highest BCUT2D eigenvalue weighted by Crippen LogP contribution is 2.23. The predicted octanol–water partition coefficient (Wildman–Crippen LogP) is 3.14. The second-order valence-corrected chi connectivity index (χ2v) is 7.41. The summed E-state index contributed by atoms with van der Waals surface area (Å²) in [5.74, 6) is 1.57. The Kier molecular flexibility index (Phi) is 6.28. The van der Waals surface area contributed by atoms with Gasteiger partial charge in [0.15, 0.2) is 5.78 Å². The van der Waals surface area contributed by atoms with Gasteiger partial charge in [-0.3, -0.25) is 14.6 Å². The van der Waals surface area contributed by atoms with Crippen LogP contribution in [-0.4, -0.2) is 45.5 Å². The SMILES string of the molecule is O=C(c1ccc(O)cc1)C1CCN(C(=O)CSCc2cccnc2)CC1. The highest BCUT2D eigenvalue weighted by molar-refractivity contribution is 7.99. The van der Waals surface area contributed by atoms with E-state index in [1.807, 2.05) is 23.2 Å². The van der Waals surface area contributed by atoms with E-state index in [2.05, 4.69) is 4.98 Å². The van der Waals surface area contributed by atoms with Gasteiger partial charge in [0, 0.05) is 42.7 Å². The summed E-state index contributed by atoms with van der Waals surface area (Å²) in [5.41, 5.74) is 1.74. The molecule has 6 heteroatoms. The molecule has 136 valence electrons. The highest BCUT2D eigenvalue weighted by atomic mass is 32.2. The van der Waals surface area contributed by atoms with Crippen molar-refractivity contribution in [2.75, 3.05) is 18.8 Å². The lowest BCUT2D eigenvalue weighted by Gasteiger charge is -2.31. The van der Waals surface area contributed by atoms with E-state index in [1.54, 1.807) is 30.1 Å². The molecule has 1 aliphatic heterocycles. The van der Waals surface area contributed by atoms with E-state index in [9.17, 15) is 14.7 Å². The highest BCUT2D eigenvalue weighted by Gasteiger charge is 2.27. The third kappa shape index (κ3) is 4.85. The fourth-order valence-electron chi connectivity index (χ4n) is 3.08. The summed E-state index contributed by atoms with van der Waals surface area (Å²) in [7, 11) is 0. The quantitative estimate of drug-likeness (QED) is 0.791. The monoisotopic (exact) mass is 370 g/mol. The number of phenols is 1. The number of nitrogens with zero attached hydrogens (tertiary/aromatic N) is 2. The number of benzene rings is 1. The van der Waals surface area contributed by atoms with Crippen molar-refractivity contribution in [1.29, 1.82) is 0 Å². The Morgan fingerprint density at radius 3 is 2.54 bits per heavy atom. The third-order valence-corrected chi connectivity index (χ3v) is 5.58. The number of hydrogen-bond acceptors (Lipinski definition) is 5. The molecule has 1 aromatic heterocycles. The molecule has 1 aliphatic rings. The van der Waals surface area contributed by atoms with Crippen molar-refractivity contribution < 1.29 is 14.7 Å². The first kappa shape index (κ1) is 18.5. The van der Waals surface area contributed by atoms with Gasteiger partial charge in [0.1, 0.15) is 5.75 Å². The zero-order valence-electron chi connectivity index (χ0n) is 14.5. The number of rotatable bonds is 6. The van der Waals surface area contributed by atoms with Crippen molar-refractivity contribution in [2.45, 2.75) is 18.6 Å².